The summed E-state index contributed by atoms with van der Waals surface area (Å²) in [4.78, 5) is 0. The molecule has 0 radical (unpaired) electrons. The molecule has 0 saturated carbocycles. The SMILES string of the molecule is C=CCCC(C)(O)c1ccc(C(C)C)cc1. The molecule has 88 valence electrons. The van der Waals surface area contributed by atoms with Crippen LogP contribution in [0.25, 0.3) is 0 Å². The lowest BCUT2D eigenvalue weighted by molar-refractivity contribution is 0.0488. The normalized spacial score (nSPS) is 14.8. The minimum Gasteiger partial charge on any atom is -0.385 e. The van der Waals surface area contributed by atoms with Crippen LogP contribution >= 0.6 is 0 Å². The second-order valence-corrected chi connectivity index (χ2v) is 4.88. The van der Waals surface area contributed by atoms with E-state index in [1.807, 2.05) is 25.1 Å². The molecule has 1 unspecified atom stereocenters. The maximum atomic E-state index is 10.3. The molecule has 1 rings (SSSR count). The van der Waals surface area contributed by atoms with Crippen LogP contribution in [0.5, 0.6) is 0 Å². The van der Waals surface area contributed by atoms with Crippen molar-refractivity contribution in [1.82, 2.24) is 0 Å². The van der Waals surface area contributed by atoms with E-state index < -0.39 is 5.60 Å². The molecule has 1 nitrogen and oxygen atoms in total. The van der Waals surface area contributed by atoms with Gasteiger partial charge in [0.15, 0.2) is 0 Å². The van der Waals surface area contributed by atoms with E-state index in [0.29, 0.717) is 5.92 Å². The van der Waals surface area contributed by atoms with Crippen LogP contribution in [-0.2, 0) is 5.60 Å². The van der Waals surface area contributed by atoms with Crippen molar-refractivity contribution >= 4 is 0 Å². The summed E-state index contributed by atoms with van der Waals surface area (Å²) in [7, 11) is 0. The number of hydrogen-bond acceptors (Lipinski definition) is 1. The number of rotatable bonds is 5. The highest BCUT2D eigenvalue weighted by Gasteiger charge is 2.21. The van der Waals surface area contributed by atoms with Gasteiger partial charge < -0.3 is 5.11 Å². The molecule has 0 aromatic heterocycles. The second kappa shape index (κ2) is 5.31. The Morgan fingerprint density at radius 1 is 1.31 bits per heavy atom. The van der Waals surface area contributed by atoms with Gasteiger partial charge >= 0.3 is 0 Å². The smallest absolute Gasteiger partial charge is 0.0871 e. The van der Waals surface area contributed by atoms with E-state index in [9.17, 15) is 5.11 Å². The first-order valence-corrected chi connectivity index (χ1v) is 5.91. The van der Waals surface area contributed by atoms with Crippen LogP contribution < -0.4 is 0 Å². The van der Waals surface area contributed by atoms with Crippen LogP contribution in [0.4, 0.5) is 0 Å². The van der Waals surface area contributed by atoms with Crippen LogP contribution in [0.2, 0.25) is 0 Å². The van der Waals surface area contributed by atoms with Crippen LogP contribution in [0, 0.1) is 0 Å². The van der Waals surface area contributed by atoms with Gasteiger partial charge in [-0.2, -0.15) is 0 Å². The van der Waals surface area contributed by atoms with Crippen molar-refractivity contribution in [3.63, 3.8) is 0 Å². The van der Waals surface area contributed by atoms with Crippen molar-refractivity contribution in [3.05, 3.63) is 48.0 Å². The molecule has 0 heterocycles. The van der Waals surface area contributed by atoms with Gasteiger partial charge in [0.2, 0.25) is 0 Å². The topological polar surface area (TPSA) is 20.2 Å². The van der Waals surface area contributed by atoms with E-state index >= 15 is 0 Å². The van der Waals surface area contributed by atoms with Gasteiger partial charge in [-0.05, 0) is 36.8 Å². The Morgan fingerprint density at radius 3 is 2.31 bits per heavy atom. The molecule has 0 aliphatic heterocycles. The van der Waals surface area contributed by atoms with Crippen molar-refractivity contribution in [2.24, 2.45) is 0 Å². The summed E-state index contributed by atoms with van der Waals surface area (Å²) in [5, 5.41) is 10.3. The second-order valence-electron chi connectivity index (χ2n) is 4.88. The van der Waals surface area contributed by atoms with Crippen molar-refractivity contribution in [1.29, 1.82) is 0 Å². The minimum absolute atomic E-state index is 0.534. The number of allylic oxidation sites excluding steroid dienone is 1. The Labute approximate surface area is 98.8 Å². The van der Waals surface area contributed by atoms with E-state index in [0.717, 1.165) is 18.4 Å². The maximum Gasteiger partial charge on any atom is 0.0871 e. The molecular formula is C15H22O. The zero-order valence-corrected chi connectivity index (χ0v) is 10.5. The third-order valence-electron chi connectivity index (χ3n) is 3.03. The first-order chi connectivity index (χ1) is 7.47. The molecule has 1 atom stereocenters. The van der Waals surface area contributed by atoms with Crippen molar-refractivity contribution in [2.75, 3.05) is 0 Å². The molecule has 0 amide bonds. The average Bonchev–Trinajstić information content (AvgIpc) is 2.26. The van der Waals surface area contributed by atoms with Gasteiger partial charge in [0.25, 0.3) is 0 Å². The predicted molar refractivity (Wildman–Crippen MR) is 69.5 cm³/mol. The van der Waals surface area contributed by atoms with E-state index in [1.54, 1.807) is 0 Å². The lowest BCUT2D eigenvalue weighted by atomic mass is 9.89. The van der Waals surface area contributed by atoms with E-state index in [4.69, 9.17) is 0 Å². The van der Waals surface area contributed by atoms with Crippen LogP contribution in [0.3, 0.4) is 0 Å². The molecular weight excluding hydrogens is 196 g/mol. The zero-order chi connectivity index (χ0) is 12.2. The summed E-state index contributed by atoms with van der Waals surface area (Å²) in [6.45, 7) is 9.89. The number of benzene rings is 1. The van der Waals surface area contributed by atoms with Gasteiger partial charge in [-0.1, -0.05) is 44.2 Å². The zero-order valence-electron chi connectivity index (χ0n) is 10.5. The lowest BCUT2D eigenvalue weighted by Gasteiger charge is -2.23. The van der Waals surface area contributed by atoms with E-state index in [2.05, 4.69) is 32.6 Å². The summed E-state index contributed by atoms with van der Waals surface area (Å²) < 4.78 is 0. The Balaban J connectivity index is 2.83. The summed E-state index contributed by atoms with van der Waals surface area (Å²) in [5.41, 5.74) is 1.55. The lowest BCUT2D eigenvalue weighted by Crippen LogP contribution is -2.20. The molecule has 0 bridgehead atoms. The highest BCUT2D eigenvalue weighted by atomic mass is 16.3. The van der Waals surface area contributed by atoms with Crippen molar-refractivity contribution in [2.45, 2.75) is 45.1 Å². The summed E-state index contributed by atoms with van der Waals surface area (Å²) in [6, 6.07) is 8.25. The highest BCUT2D eigenvalue weighted by Crippen LogP contribution is 2.27. The quantitative estimate of drug-likeness (QED) is 0.741. The highest BCUT2D eigenvalue weighted by molar-refractivity contribution is 5.28. The van der Waals surface area contributed by atoms with Crippen molar-refractivity contribution < 1.29 is 5.11 Å². The van der Waals surface area contributed by atoms with Gasteiger partial charge in [-0.25, -0.2) is 0 Å². The Hall–Kier alpha value is -1.08. The third kappa shape index (κ3) is 3.21. The van der Waals surface area contributed by atoms with E-state index in [-0.39, 0.29) is 0 Å². The minimum atomic E-state index is -0.746. The Morgan fingerprint density at radius 2 is 1.88 bits per heavy atom. The molecule has 0 aliphatic rings. The Kier molecular flexibility index (Phi) is 4.31. The van der Waals surface area contributed by atoms with E-state index in [1.165, 1.54) is 5.56 Å². The molecule has 0 saturated heterocycles. The Bertz CT molecular complexity index is 333. The monoisotopic (exact) mass is 218 g/mol. The molecule has 1 aromatic rings. The fourth-order valence-electron chi connectivity index (χ4n) is 1.75. The summed E-state index contributed by atoms with van der Waals surface area (Å²) in [5.74, 6) is 0.534. The van der Waals surface area contributed by atoms with Gasteiger partial charge in [-0.15, -0.1) is 6.58 Å². The summed E-state index contributed by atoms with van der Waals surface area (Å²) >= 11 is 0. The predicted octanol–water partition coefficient (Wildman–Crippen LogP) is 3.98. The number of hydrogen-bond donors (Lipinski definition) is 1. The summed E-state index contributed by atoms with van der Waals surface area (Å²) in [6.07, 6.45) is 3.40. The van der Waals surface area contributed by atoms with Gasteiger partial charge in [0.05, 0.1) is 5.60 Å². The fourth-order valence-corrected chi connectivity index (χ4v) is 1.75. The van der Waals surface area contributed by atoms with Gasteiger partial charge in [0.1, 0.15) is 0 Å². The largest absolute Gasteiger partial charge is 0.385 e. The van der Waals surface area contributed by atoms with Crippen LogP contribution in [0.1, 0.15) is 50.7 Å². The molecule has 0 fully saturated rings. The first kappa shape index (κ1) is 13.0. The molecule has 1 N–H and O–H groups in total. The maximum absolute atomic E-state index is 10.3. The average molecular weight is 218 g/mol. The number of aliphatic hydroxyl groups is 1. The molecule has 1 heteroatoms. The third-order valence-corrected chi connectivity index (χ3v) is 3.03. The molecule has 0 aliphatic carbocycles. The van der Waals surface area contributed by atoms with Gasteiger partial charge in [0, 0.05) is 0 Å². The fraction of sp³-hybridized carbons (Fsp3) is 0.467. The van der Waals surface area contributed by atoms with Crippen LogP contribution in [0.15, 0.2) is 36.9 Å². The van der Waals surface area contributed by atoms with Crippen molar-refractivity contribution in [3.8, 4) is 0 Å². The molecule has 0 spiro atoms. The standard InChI is InChI=1S/C15H22O/c1-5-6-11-15(4,16)14-9-7-13(8-10-14)12(2)3/h5,7-10,12,16H,1,6,11H2,2-4H3. The van der Waals surface area contributed by atoms with Gasteiger partial charge in [-0.3, -0.25) is 0 Å². The first-order valence-electron chi connectivity index (χ1n) is 5.91. The molecule has 1 aromatic carbocycles. The van der Waals surface area contributed by atoms with Crippen LogP contribution in [-0.4, -0.2) is 5.11 Å². The molecule has 16 heavy (non-hydrogen) atoms.